The van der Waals surface area contributed by atoms with Gasteiger partial charge in [-0.3, -0.25) is 14.4 Å². The first-order chi connectivity index (χ1) is 16.5. The standard InChI is InChI=1S/C24H32N4O6/c1-32-16-14-26-24(31)23(18-7-9-19(34-3)10-8-18)28(15-17-33-2)22(30)12-11-21(29)27-20-6-4-5-13-25-20/h4-10,13,23H,11-12,14-17H2,1-3H3,(H,26,31)(H,25,27,29). The molecule has 0 aliphatic carbocycles. The van der Waals surface area contributed by atoms with Gasteiger partial charge in [-0.2, -0.15) is 0 Å². The third-order valence-corrected chi connectivity index (χ3v) is 4.95. The lowest BCUT2D eigenvalue weighted by Crippen LogP contribution is -2.45. The lowest BCUT2D eigenvalue weighted by atomic mass is 10.0. The molecule has 34 heavy (non-hydrogen) atoms. The van der Waals surface area contributed by atoms with Crippen molar-refractivity contribution in [2.24, 2.45) is 0 Å². The van der Waals surface area contributed by atoms with Crippen molar-refractivity contribution in [3.63, 3.8) is 0 Å². The second-order valence-corrected chi connectivity index (χ2v) is 7.30. The molecule has 0 spiro atoms. The topological polar surface area (TPSA) is 119 Å². The van der Waals surface area contributed by atoms with E-state index >= 15 is 0 Å². The van der Waals surface area contributed by atoms with E-state index in [9.17, 15) is 14.4 Å². The number of anilines is 1. The van der Waals surface area contributed by atoms with Crippen LogP contribution in [0.25, 0.3) is 0 Å². The molecule has 2 rings (SSSR count). The Labute approximate surface area is 199 Å². The maximum atomic E-state index is 13.2. The minimum atomic E-state index is -0.913. The third-order valence-electron chi connectivity index (χ3n) is 4.95. The molecular formula is C24H32N4O6. The highest BCUT2D eigenvalue weighted by Crippen LogP contribution is 2.25. The molecule has 184 valence electrons. The van der Waals surface area contributed by atoms with Crippen molar-refractivity contribution >= 4 is 23.5 Å². The lowest BCUT2D eigenvalue weighted by Gasteiger charge is -2.31. The zero-order valence-corrected chi connectivity index (χ0v) is 19.8. The minimum absolute atomic E-state index is 0.0560. The van der Waals surface area contributed by atoms with Crippen molar-refractivity contribution in [1.82, 2.24) is 15.2 Å². The summed E-state index contributed by atoms with van der Waals surface area (Å²) in [5.74, 6) is -0.0158. The molecule has 1 heterocycles. The molecule has 0 fully saturated rings. The number of hydrogen-bond donors (Lipinski definition) is 2. The Kier molecular flexibility index (Phi) is 11.5. The van der Waals surface area contributed by atoms with Crippen LogP contribution in [0.4, 0.5) is 5.82 Å². The van der Waals surface area contributed by atoms with Crippen LogP contribution in [0.5, 0.6) is 5.75 Å². The summed E-state index contributed by atoms with van der Waals surface area (Å²) in [5, 5.41) is 5.46. The van der Waals surface area contributed by atoms with E-state index < -0.39 is 6.04 Å². The summed E-state index contributed by atoms with van der Waals surface area (Å²) in [4.78, 5) is 44.2. The number of carbonyl (C=O) groups excluding carboxylic acids is 3. The SMILES string of the molecule is COCCNC(=O)C(c1ccc(OC)cc1)N(CCOC)C(=O)CCC(=O)Nc1ccccn1. The van der Waals surface area contributed by atoms with Gasteiger partial charge >= 0.3 is 0 Å². The maximum absolute atomic E-state index is 13.2. The molecule has 0 saturated carbocycles. The lowest BCUT2D eigenvalue weighted by molar-refractivity contribution is -0.142. The number of aromatic nitrogens is 1. The number of benzene rings is 1. The number of nitrogens with one attached hydrogen (secondary N) is 2. The molecule has 3 amide bonds. The van der Waals surface area contributed by atoms with Gasteiger partial charge in [-0.1, -0.05) is 18.2 Å². The van der Waals surface area contributed by atoms with Crippen LogP contribution in [0.2, 0.25) is 0 Å². The van der Waals surface area contributed by atoms with Crippen LogP contribution in [0.1, 0.15) is 24.4 Å². The van der Waals surface area contributed by atoms with Gasteiger partial charge in [0.25, 0.3) is 0 Å². The van der Waals surface area contributed by atoms with Gasteiger partial charge in [0.2, 0.25) is 17.7 Å². The first-order valence-electron chi connectivity index (χ1n) is 10.9. The number of methoxy groups -OCH3 is 3. The highest BCUT2D eigenvalue weighted by Gasteiger charge is 2.31. The Morgan fingerprint density at radius 3 is 2.32 bits per heavy atom. The molecule has 0 aliphatic heterocycles. The fourth-order valence-corrected chi connectivity index (χ4v) is 3.23. The Hall–Kier alpha value is -3.50. The predicted octanol–water partition coefficient (Wildman–Crippen LogP) is 1.79. The number of pyridine rings is 1. The number of nitrogens with zero attached hydrogens (tertiary/aromatic N) is 2. The van der Waals surface area contributed by atoms with Gasteiger partial charge < -0.3 is 29.7 Å². The van der Waals surface area contributed by atoms with Gasteiger partial charge in [-0.25, -0.2) is 4.98 Å². The number of ether oxygens (including phenoxy) is 3. The van der Waals surface area contributed by atoms with Gasteiger partial charge in [0.05, 0.1) is 20.3 Å². The van der Waals surface area contributed by atoms with Crippen molar-refractivity contribution in [3.8, 4) is 5.75 Å². The van der Waals surface area contributed by atoms with E-state index in [-0.39, 0.29) is 43.7 Å². The summed E-state index contributed by atoms with van der Waals surface area (Å²) in [6, 6.07) is 11.2. The van der Waals surface area contributed by atoms with E-state index in [1.807, 2.05) is 0 Å². The number of carbonyl (C=O) groups is 3. The largest absolute Gasteiger partial charge is 0.497 e. The van der Waals surface area contributed by atoms with Crippen LogP contribution >= 0.6 is 0 Å². The van der Waals surface area contributed by atoms with Crippen LogP contribution in [-0.2, 0) is 23.9 Å². The monoisotopic (exact) mass is 472 g/mol. The van der Waals surface area contributed by atoms with E-state index in [4.69, 9.17) is 14.2 Å². The van der Waals surface area contributed by atoms with Gasteiger partial charge in [0.15, 0.2) is 0 Å². The molecule has 10 nitrogen and oxygen atoms in total. The molecule has 0 saturated heterocycles. The number of hydrogen-bond acceptors (Lipinski definition) is 7. The Morgan fingerprint density at radius 1 is 0.971 bits per heavy atom. The normalized spacial score (nSPS) is 11.4. The summed E-state index contributed by atoms with van der Waals surface area (Å²) < 4.78 is 15.4. The van der Waals surface area contributed by atoms with Crippen LogP contribution in [0.3, 0.4) is 0 Å². The third kappa shape index (κ3) is 8.45. The highest BCUT2D eigenvalue weighted by atomic mass is 16.5. The second kappa shape index (κ2) is 14.6. The van der Waals surface area contributed by atoms with E-state index in [1.54, 1.807) is 55.8 Å². The van der Waals surface area contributed by atoms with Crippen molar-refractivity contribution in [2.45, 2.75) is 18.9 Å². The summed E-state index contributed by atoms with van der Waals surface area (Å²) in [5.41, 5.74) is 0.609. The molecule has 1 unspecified atom stereocenters. The van der Waals surface area contributed by atoms with E-state index in [1.165, 1.54) is 19.1 Å². The quantitative estimate of drug-likeness (QED) is 0.402. The summed E-state index contributed by atoms with van der Waals surface area (Å²) in [6.07, 6.45) is 1.43. The first kappa shape index (κ1) is 26.7. The van der Waals surface area contributed by atoms with E-state index in [0.29, 0.717) is 30.3 Å². The molecule has 1 aromatic carbocycles. The zero-order valence-electron chi connectivity index (χ0n) is 19.8. The van der Waals surface area contributed by atoms with Gasteiger partial charge in [-0.05, 0) is 29.8 Å². The molecule has 0 radical (unpaired) electrons. The van der Waals surface area contributed by atoms with Crippen molar-refractivity contribution in [3.05, 3.63) is 54.2 Å². The maximum Gasteiger partial charge on any atom is 0.247 e. The van der Waals surface area contributed by atoms with E-state index in [0.717, 1.165) is 0 Å². The number of amides is 3. The minimum Gasteiger partial charge on any atom is -0.497 e. The Balaban J connectivity index is 2.19. The molecule has 0 bridgehead atoms. The zero-order chi connectivity index (χ0) is 24.8. The van der Waals surface area contributed by atoms with Crippen LogP contribution in [0, 0.1) is 0 Å². The molecule has 1 atom stereocenters. The van der Waals surface area contributed by atoms with Crippen molar-refractivity contribution in [2.75, 3.05) is 52.9 Å². The Morgan fingerprint density at radius 2 is 1.71 bits per heavy atom. The fraction of sp³-hybridized carbons (Fsp3) is 0.417. The molecule has 10 heteroatoms. The Bertz CT molecular complexity index is 907. The predicted molar refractivity (Wildman–Crippen MR) is 126 cm³/mol. The smallest absolute Gasteiger partial charge is 0.247 e. The molecule has 2 aromatic rings. The molecule has 1 aromatic heterocycles. The summed E-state index contributed by atoms with van der Waals surface area (Å²) in [7, 11) is 4.61. The molecular weight excluding hydrogens is 440 g/mol. The van der Waals surface area contributed by atoms with Crippen LogP contribution < -0.4 is 15.4 Å². The first-order valence-corrected chi connectivity index (χ1v) is 10.9. The molecule has 0 aliphatic rings. The summed E-state index contributed by atoms with van der Waals surface area (Å²) in [6.45, 7) is 1.02. The van der Waals surface area contributed by atoms with Gasteiger partial charge in [-0.15, -0.1) is 0 Å². The fourth-order valence-electron chi connectivity index (χ4n) is 3.23. The van der Waals surface area contributed by atoms with Crippen LogP contribution in [0.15, 0.2) is 48.7 Å². The van der Waals surface area contributed by atoms with Gasteiger partial charge in [0.1, 0.15) is 17.6 Å². The van der Waals surface area contributed by atoms with Gasteiger partial charge in [0, 0.05) is 46.3 Å². The van der Waals surface area contributed by atoms with Crippen molar-refractivity contribution in [1.29, 1.82) is 0 Å². The second-order valence-electron chi connectivity index (χ2n) is 7.30. The van der Waals surface area contributed by atoms with Crippen molar-refractivity contribution < 1.29 is 28.6 Å². The molecule has 2 N–H and O–H groups in total. The summed E-state index contributed by atoms with van der Waals surface area (Å²) >= 11 is 0. The average Bonchev–Trinajstić information content (AvgIpc) is 2.86. The van der Waals surface area contributed by atoms with E-state index in [2.05, 4.69) is 15.6 Å². The average molecular weight is 473 g/mol. The number of rotatable bonds is 14. The van der Waals surface area contributed by atoms with Crippen LogP contribution in [-0.4, -0.2) is 75.2 Å². The highest BCUT2D eigenvalue weighted by molar-refractivity contribution is 5.94.